The molecule has 0 saturated heterocycles. The fourth-order valence-electron chi connectivity index (χ4n) is 1.59. The Morgan fingerprint density at radius 2 is 2.22 bits per heavy atom. The molecule has 104 valence electrons. The van der Waals surface area contributed by atoms with E-state index in [2.05, 4.69) is 4.72 Å². The summed E-state index contributed by atoms with van der Waals surface area (Å²) < 4.78 is 33.6. The summed E-state index contributed by atoms with van der Waals surface area (Å²) in [7, 11) is -1.74. The van der Waals surface area contributed by atoms with Crippen molar-refractivity contribution in [1.29, 1.82) is 0 Å². The molecule has 0 aliphatic rings. The van der Waals surface area contributed by atoms with Crippen LogP contribution in [0, 0.1) is 0 Å². The maximum Gasteiger partial charge on any atom is 0.242 e. The van der Waals surface area contributed by atoms with Gasteiger partial charge in [0.1, 0.15) is 0 Å². The van der Waals surface area contributed by atoms with Crippen molar-refractivity contribution in [1.82, 2.24) is 9.29 Å². The van der Waals surface area contributed by atoms with Crippen LogP contribution >= 0.6 is 0 Å². The van der Waals surface area contributed by atoms with Gasteiger partial charge in [0.25, 0.3) is 0 Å². The predicted octanol–water partition coefficient (Wildman–Crippen LogP) is 0.187. The van der Waals surface area contributed by atoms with E-state index in [1.807, 2.05) is 6.92 Å². The highest BCUT2D eigenvalue weighted by Gasteiger charge is 2.19. The van der Waals surface area contributed by atoms with Crippen molar-refractivity contribution in [3.8, 4) is 0 Å². The number of nitrogens with one attached hydrogen (secondary N) is 1. The lowest BCUT2D eigenvalue weighted by molar-refractivity contribution is 0.133. The first-order chi connectivity index (χ1) is 8.40. The van der Waals surface area contributed by atoms with Crippen molar-refractivity contribution < 1.29 is 13.2 Å². The lowest BCUT2D eigenvalue weighted by Crippen LogP contribution is -2.35. The molecular formula is C11H21N3O3S. The van der Waals surface area contributed by atoms with Crippen LogP contribution in [0.3, 0.4) is 0 Å². The molecule has 1 unspecified atom stereocenters. The van der Waals surface area contributed by atoms with Gasteiger partial charge in [0.2, 0.25) is 10.0 Å². The molecule has 6 nitrogen and oxygen atoms in total. The minimum Gasteiger partial charge on any atom is -0.380 e. The van der Waals surface area contributed by atoms with Crippen LogP contribution in [-0.2, 0) is 28.4 Å². The van der Waals surface area contributed by atoms with Gasteiger partial charge in [-0.1, -0.05) is 0 Å². The van der Waals surface area contributed by atoms with E-state index in [9.17, 15) is 8.42 Å². The summed E-state index contributed by atoms with van der Waals surface area (Å²) in [5.41, 5.74) is 6.29. The number of nitrogens with zero attached hydrogens (tertiary/aromatic N) is 1. The standard InChI is InChI=1S/C11H21N3O3S/c1-4-17-8-9(2)13-18(15,16)11-5-10(6-12)14(3)7-11/h5,7,9,13H,4,6,8,12H2,1-3H3. The molecule has 1 heterocycles. The van der Waals surface area contributed by atoms with E-state index in [1.165, 1.54) is 0 Å². The highest BCUT2D eigenvalue weighted by Crippen LogP contribution is 2.13. The van der Waals surface area contributed by atoms with Gasteiger partial charge < -0.3 is 15.0 Å². The van der Waals surface area contributed by atoms with Gasteiger partial charge in [0.15, 0.2) is 0 Å². The average molecular weight is 275 g/mol. The molecule has 0 saturated carbocycles. The molecule has 0 fully saturated rings. The Kier molecular flexibility index (Phi) is 5.33. The zero-order chi connectivity index (χ0) is 13.8. The number of ether oxygens (including phenoxy) is 1. The van der Waals surface area contributed by atoms with E-state index >= 15 is 0 Å². The summed E-state index contributed by atoms with van der Waals surface area (Å²) in [5.74, 6) is 0. The minimum atomic E-state index is -3.51. The van der Waals surface area contributed by atoms with Crippen LogP contribution in [0.1, 0.15) is 19.5 Å². The Bertz CT molecular complexity index is 482. The molecule has 3 N–H and O–H groups in total. The van der Waals surface area contributed by atoms with E-state index in [0.29, 0.717) is 19.8 Å². The monoisotopic (exact) mass is 275 g/mol. The first kappa shape index (κ1) is 15.2. The zero-order valence-electron chi connectivity index (χ0n) is 11.0. The Balaban J connectivity index is 2.79. The lowest BCUT2D eigenvalue weighted by atomic mass is 10.4. The van der Waals surface area contributed by atoms with Crippen molar-refractivity contribution in [2.75, 3.05) is 13.2 Å². The highest BCUT2D eigenvalue weighted by atomic mass is 32.2. The maximum absolute atomic E-state index is 12.1. The summed E-state index contributed by atoms with van der Waals surface area (Å²) >= 11 is 0. The van der Waals surface area contributed by atoms with Crippen LogP contribution in [-0.4, -0.2) is 32.2 Å². The molecular weight excluding hydrogens is 254 g/mol. The van der Waals surface area contributed by atoms with Crippen molar-refractivity contribution in [3.63, 3.8) is 0 Å². The molecule has 18 heavy (non-hydrogen) atoms. The predicted molar refractivity (Wildman–Crippen MR) is 69.6 cm³/mol. The van der Waals surface area contributed by atoms with Crippen LogP contribution in [0.2, 0.25) is 0 Å². The number of aromatic nitrogens is 1. The normalized spacial score (nSPS) is 13.8. The number of hydrogen-bond donors (Lipinski definition) is 2. The second-order valence-corrected chi connectivity index (χ2v) is 5.88. The van der Waals surface area contributed by atoms with Crippen molar-refractivity contribution >= 4 is 10.0 Å². The number of hydrogen-bond acceptors (Lipinski definition) is 4. The van der Waals surface area contributed by atoms with Crippen molar-refractivity contribution in [2.24, 2.45) is 12.8 Å². The third kappa shape index (κ3) is 3.81. The summed E-state index contributed by atoms with van der Waals surface area (Å²) in [6.07, 6.45) is 1.55. The van der Waals surface area contributed by atoms with Gasteiger partial charge in [-0.25, -0.2) is 13.1 Å². The van der Waals surface area contributed by atoms with Gasteiger partial charge in [0, 0.05) is 38.1 Å². The molecule has 1 atom stereocenters. The molecule has 0 aliphatic carbocycles. The lowest BCUT2D eigenvalue weighted by Gasteiger charge is -2.13. The van der Waals surface area contributed by atoms with Gasteiger partial charge in [-0.2, -0.15) is 0 Å². The number of aryl methyl sites for hydroxylation is 1. The fourth-order valence-corrected chi connectivity index (χ4v) is 2.91. The first-order valence-electron chi connectivity index (χ1n) is 5.86. The van der Waals surface area contributed by atoms with Gasteiger partial charge >= 0.3 is 0 Å². The largest absolute Gasteiger partial charge is 0.380 e. The molecule has 1 aromatic heterocycles. The SMILES string of the molecule is CCOCC(C)NS(=O)(=O)c1cc(CN)n(C)c1. The molecule has 7 heteroatoms. The Labute approximate surface area is 108 Å². The fraction of sp³-hybridized carbons (Fsp3) is 0.636. The Morgan fingerprint density at radius 1 is 1.56 bits per heavy atom. The molecule has 0 aromatic carbocycles. The molecule has 0 amide bonds. The van der Waals surface area contributed by atoms with E-state index in [0.717, 1.165) is 5.69 Å². The van der Waals surface area contributed by atoms with Crippen molar-refractivity contribution in [3.05, 3.63) is 18.0 Å². The van der Waals surface area contributed by atoms with Crippen LogP contribution in [0.15, 0.2) is 17.2 Å². The third-order valence-corrected chi connectivity index (χ3v) is 4.09. The van der Waals surface area contributed by atoms with Gasteiger partial charge in [-0.3, -0.25) is 0 Å². The Hall–Kier alpha value is -0.890. The number of nitrogens with two attached hydrogens (primary N) is 1. The van der Waals surface area contributed by atoms with Gasteiger partial charge in [-0.05, 0) is 19.9 Å². The van der Waals surface area contributed by atoms with Gasteiger partial charge in [0.05, 0.1) is 11.5 Å². The number of sulfonamides is 1. The third-order valence-electron chi connectivity index (χ3n) is 2.53. The quantitative estimate of drug-likeness (QED) is 0.743. The summed E-state index contributed by atoms with van der Waals surface area (Å²) in [5, 5.41) is 0. The second kappa shape index (κ2) is 6.33. The van der Waals surface area contributed by atoms with Crippen LogP contribution in [0.4, 0.5) is 0 Å². The molecule has 0 aliphatic heterocycles. The van der Waals surface area contributed by atoms with E-state index in [1.54, 1.807) is 30.8 Å². The van der Waals surface area contributed by atoms with Crippen LogP contribution in [0.25, 0.3) is 0 Å². The highest BCUT2D eigenvalue weighted by molar-refractivity contribution is 7.89. The van der Waals surface area contributed by atoms with Crippen LogP contribution in [0.5, 0.6) is 0 Å². The Morgan fingerprint density at radius 3 is 2.72 bits per heavy atom. The van der Waals surface area contributed by atoms with Gasteiger partial charge in [-0.15, -0.1) is 0 Å². The van der Waals surface area contributed by atoms with E-state index in [4.69, 9.17) is 10.5 Å². The summed E-state index contributed by atoms with van der Waals surface area (Å²) in [4.78, 5) is 0.230. The van der Waals surface area contributed by atoms with E-state index in [-0.39, 0.29) is 10.9 Å². The first-order valence-corrected chi connectivity index (χ1v) is 7.34. The average Bonchev–Trinajstić information content (AvgIpc) is 2.68. The zero-order valence-corrected chi connectivity index (χ0v) is 11.8. The summed E-state index contributed by atoms with van der Waals surface area (Å²) in [6, 6.07) is 1.31. The number of rotatable bonds is 7. The topological polar surface area (TPSA) is 86.3 Å². The summed E-state index contributed by atoms with van der Waals surface area (Å²) in [6.45, 7) is 4.85. The maximum atomic E-state index is 12.1. The smallest absolute Gasteiger partial charge is 0.242 e. The molecule has 0 bridgehead atoms. The van der Waals surface area contributed by atoms with Crippen molar-refractivity contribution in [2.45, 2.75) is 31.3 Å². The second-order valence-electron chi connectivity index (χ2n) is 4.16. The van der Waals surface area contributed by atoms with Crippen LogP contribution < -0.4 is 10.5 Å². The minimum absolute atomic E-state index is 0.230. The molecule has 0 radical (unpaired) electrons. The van der Waals surface area contributed by atoms with E-state index < -0.39 is 10.0 Å². The molecule has 0 spiro atoms. The molecule has 1 rings (SSSR count). The molecule has 1 aromatic rings.